The van der Waals surface area contributed by atoms with Gasteiger partial charge in [-0.05, 0) is 32.3 Å². The molecule has 1 atom stereocenters. The van der Waals surface area contributed by atoms with Gasteiger partial charge in [0.25, 0.3) is 11.7 Å². The van der Waals surface area contributed by atoms with Gasteiger partial charge in [0, 0.05) is 48.9 Å². The Morgan fingerprint density at radius 2 is 1.82 bits per heavy atom. The Balaban J connectivity index is 1.96. The second-order valence-corrected chi connectivity index (χ2v) is 8.57. The van der Waals surface area contributed by atoms with Gasteiger partial charge < -0.3 is 28.9 Å². The topological polar surface area (TPSA) is 84.2 Å². The van der Waals surface area contributed by atoms with Crippen molar-refractivity contribution in [1.29, 1.82) is 0 Å². The first-order valence-electron chi connectivity index (χ1n) is 11.0. The van der Waals surface area contributed by atoms with E-state index in [9.17, 15) is 14.7 Å². The number of aromatic nitrogens is 1. The lowest BCUT2D eigenvalue weighted by molar-refractivity contribution is -0.140. The van der Waals surface area contributed by atoms with Crippen LogP contribution < -0.4 is 9.47 Å². The molecule has 1 unspecified atom stereocenters. The number of ether oxygens (including phenoxy) is 2. The predicted molar refractivity (Wildman–Crippen MR) is 130 cm³/mol. The lowest BCUT2D eigenvalue weighted by atomic mass is 9.94. The fourth-order valence-corrected chi connectivity index (χ4v) is 4.47. The monoisotopic (exact) mass is 463 g/mol. The maximum Gasteiger partial charge on any atom is 0.295 e. The number of fused-ring (bicyclic) bond motifs is 1. The number of hydrogen-bond acceptors (Lipinski definition) is 6. The van der Waals surface area contributed by atoms with Gasteiger partial charge in [-0.3, -0.25) is 9.59 Å². The van der Waals surface area contributed by atoms with Crippen LogP contribution in [0.15, 0.2) is 54.2 Å². The number of benzene rings is 2. The minimum Gasteiger partial charge on any atom is -0.507 e. The van der Waals surface area contributed by atoms with Crippen LogP contribution in [0.2, 0.25) is 0 Å². The Kier molecular flexibility index (Phi) is 6.34. The fourth-order valence-electron chi connectivity index (χ4n) is 4.47. The molecule has 34 heavy (non-hydrogen) atoms. The molecule has 0 saturated carbocycles. The standard InChI is InChI=1S/C26H29N3O5/c1-27(2)12-13-29-23(19-15-28(3)20-9-7-6-8-17(19)20)22(25(31)26(29)32)24(30)18-11-10-16(33-4)14-21(18)34-5/h6-11,14-15,23,30H,12-13H2,1-5H3/b24-22+. The number of likely N-dealkylation sites (N-methyl/N-ethyl adjacent to an activating group) is 1. The molecule has 2 aromatic carbocycles. The number of carbonyl (C=O) groups excluding carboxylic acids is 2. The van der Waals surface area contributed by atoms with Crippen molar-refractivity contribution in [3.63, 3.8) is 0 Å². The summed E-state index contributed by atoms with van der Waals surface area (Å²) < 4.78 is 12.7. The van der Waals surface area contributed by atoms with Crippen molar-refractivity contribution >= 4 is 28.4 Å². The minimum absolute atomic E-state index is 0.0450. The number of aliphatic hydroxyl groups is 1. The largest absolute Gasteiger partial charge is 0.507 e. The zero-order chi connectivity index (χ0) is 24.6. The third kappa shape index (κ3) is 3.90. The highest BCUT2D eigenvalue weighted by Gasteiger charge is 2.47. The number of para-hydroxylation sites is 1. The summed E-state index contributed by atoms with van der Waals surface area (Å²) in [6, 6.07) is 12.0. The highest BCUT2D eigenvalue weighted by atomic mass is 16.5. The van der Waals surface area contributed by atoms with Crippen LogP contribution in [0.1, 0.15) is 17.2 Å². The Morgan fingerprint density at radius 1 is 1.09 bits per heavy atom. The van der Waals surface area contributed by atoms with Gasteiger partial charge in [0.2, 0.25) is 0 Å². The van der Waals surface area contributed by atoms with Crippen molar-refractivity contribution in [2.45, 2.75) is 6.04 Å². The van der Waals surface area contributed by atoms with Crippen LogP contribution in [0, 0.1) is 0 Å². The number of aryl methyl sites for hydroxylation is 1. The molecule has 4 rings (SSSR count). The molecule has 1 fully saturated rings. The van der Waals surface area contributed by atoms with Crippen LogP contribution in [0.4, 0.5) is 0 Å². The van der Waals surface area contributed by atoms with Gasteiger partial charge in [0.1, 0.15) is 17.3 Å². The van der Waals surface area contributed by atoms with Crippen molar-refractivity contribution in [3.8, 4) is 11.5 Å². The van der Waals surface area contributed by atoms with E-state index in [-0.39, 0.29) is 11.3 Å². The number of carbonyl (C=O) groups is 2. The van der Waals surface area contributed by atoms with Crippen LogP contribution in [0.25, 0.3) is 16.7 Å². The first-order valence-corrected chi connectivity index (χ1v) is 11.0. The predicted octanol–water partition coefficient (Wildman–Crippen LogP) is 3.18. The molecule has 3 aromatic rings. The third-order valence-electron chi connectivity index (χ3n) is 6.21. The quantitative estimate of drug-likeness (QED) is 0.329. The van der Waals surface area contributed by atoms with Crippen molar-refractivity contribution in [1.82, 2.24) is 14.4 Å². The zero-order valence-electron chi connectivity index (χ0n) is 20.0. The van der Waals surface area contributed by atoms with Gasteiger partial charge in [-0.25, -0.2) is 0 Å². The van der Waals surface area contributed by atoms with Gasteiger partial charge >= 0.3 is 0 Å². The molecular weight excluding hydrogens is 434 g/mol. The number of Topliss-reactive ketones (excluding diaryl/α,β-unsaturated/α-hetero) is 1. The Hall–Kier alpha value is -3.78. The van der Waals surface area contributed by atoms with E-state index in [1.807, 2.05) is 61.1 Å². The number of nitrogens with zero attached hydrogens (tertiary/aromatic N) is 3. The minimum atomic E-state index is -0.738. The molecule has 2 heterocycles. The molecule has 1 amide bonds. The number of hydrogen-bond donors (Lipinski definition) is 1. The molecule has 1 saturated heterocycles. The molecule has 178 valence electrons. The number of likely N-dealkylation sites (tertiary alicyclic amines) is 1. The molecule has 1 aliphatic rings. The van der Waals surface area contributed by atoms with Gasteiger partial charge in [-0.15, -0.1) is 0 Å². The molecule has 8 heteroatoms. The molecule has 8 nitrogen and oxygen atoms in total. The average Bonchev–Trinajstić information content (AvgIpc) is 3.30. The maximum absolute atomic E-state index is 13.3. The van der Waals surface area contributed by atoms with E-state index in [0.717, 1.165) is 16.5 Å². The second-order valence-electron chi connectivity index (χ2n) is 8.57. The van der Waals surface area contributed by atoms with Crippen LogP contribution in [0.3, 0.4) is 0 Å². The first kappa shape index (κ1) is 23.4. The van der Waals surface area contributed by atoms with Gasteiger partial charge in [0.15, 0.2) is 0 Å². The van der Waals surface area contributed by atoms with Gasteiger partial charge in [-0.2, -0.15) is 0 Å². The molecular formula is C26H29N3O5. The summed E-state index contributed by atoms with van der Waals surface area (Å²) in [6.07, 6.45) is 1.92. The highest BCUT2D eigenvalue weighted by molar-refractivity contribution is 6.46. The smallest absolute Gasteiger partial charge is 0.295 e. The average molecular weight is 464 g/mol. The van der Waals surface area contributed by atoms with E-state index in [1.54, 1.807) is 23.1 Å². The SMILES string of the molecule is COc1ccc(/C(O)=C2\C(=O)C(=O)N(CCN(C)C)C2c2cn(C)c3ccccc23)c(OC)c1. The van der Waals surface area contributed by atoms with Crippen LogP contribution >= 0.6 is 0 Å². The van der Waals surface area contributed by atoms with Crippen molar-refractivity contribution in [3.05, 3.63) is 65.4 Å². The summed E-state index contributed by atoms with van der Waals surface area (Å²) in [5.41, 5.74) is 2.12. The molecule has 0 aliphatic carbocycles. The van der Waals surface area contributed by atoms with Crippen molar-refractivity contribution in [2.24, 2.45) is 7.05 Å². The van der Waals surface area contributed by atoms with E-state index in [2.05, 4.69) is 0 Å². The Bertz CT molecular complexity index is 1290. The normalized spacial score (nSPS) is 17.7. The van der Waals surface area contributed by atoms with Crippen LogP contribution in [0.5, 0.6) is 11.5 Å². The molecule has 0 radical (unpaired) electrons. The summed E-state index contributed by atoms with van der Waals surface area (Å²) in [5.74, 6) is -0.734. The number of amides is 1. The molecule has 1 aromatic heterocycles. The molecule has 1 N–H and O–H groups in total. The maximum atomic E-state index is 13.3. The first-order chi connectivity index (χ1) is 16.3. The lowest BCUT2D eigenvalue weighted by Gasteiger charge is -2.26. The Morgan fingerprint density at radius 3 is 2.50 bits per heavy atom. The highest BCUT2D eigenvalue weighted by Crippen LogP contribution is 2.43. The summed E-state index contributed by atoms with van der Waals surface area (Å²) >= 11 is 0. The van der Waals surface area contributed by atoms with E-state index >= 15 is 0 Å². The summed E-state index contributed by atoms with van der Waals surface area (Å²) in [4.78, 5) is 30.0. The number of methoxy groups -OCH3 is 2. The van der Waals surface area contributed by atoms with E-state index in [0.29, 0.717) is 30.2 Å². The second kappa shape index (κ2) is 9.23. The Labute approximate surface area is 198 Å². The summed E-state index contributed by atoms with van der Waals surface area (Å²) in [7, 11) is 8.75. The number of aliphatic hydroxyl groups excluding tert-OH is 1. The van der Waals surface area contributed by atoms with Crippen LogP contribution in [-0.4, -0.2) is 72.6 Å². The molecule has 0 bridgehead atoms. The fraction of sp³-hybridized carbons (Fsp3) is 0.308. The van der Waals surface area contributed by atoms with E-state index in [1.165, 1.54) is 14.2 Å². The lowest BCUT2D eigenvalue weighted by Crippen LogP contribution is -2.35. The van der Waals surface area contributed by atoms with Crippen LogP contribution in [-0.2, 0) is 16.6 Å². The summed E-state index contributed by atoms with van der Waals surface area (Å²) in [6.45, 7) is 0.905. The zero-order valence-corrected chi connectivity index (χ0v) is 20.0. The van der Waals surface area contributed by atoms with Crippen molar-refractivity contribution < 1.29 is 24.2 Å². The molecule has 0 spiro atoms. The number of ketones is 1. The molecule has 1 aliphatic heterocycles. The van der Waals surface area contributed by atoms with Gasteiger partial charge in [0.05, 0.1) is 31.4 Å². The van der Waals surface area contributed by atoms with E-state index in [4.69, 9.17) is 9.47 Å². The van der Waals surface area contributed by atoms with Gasteiger partial charge in [-0.1, -0.05) is 18.2 Å². The summed E-state index contributed by atoms with van der Waals surface area (Å²) in [5, 5.41) is 12.3. The van der Waals surface area contributed by atoms with Crippen molar-refractivity contribution in [2.75, 3.05) is 41.4 Å². The third-order valence-corrected chi connectivity index (χ3v) is 6.21. The van der Waals surface area contributed by atoms with E-state index < -0.39 is 17.7 Å². The number of rotatable bonds is 7.